The highest BCUT2D eigenvalue weighted by Gasteiger charge is 2.21. The van der Waals surface area contributed by atoms with Crippen molar-refractivity contribution >= 4 is 28.7 Å². The van der Waals surface area contributed by atoms with Gasteiger partial charge in [0.25, 0.3) is 0 Å². The summed E-state index contributed by atoms with van der Waals surface area (Å²) in [5, 5.41) is 5.32. The van der Waals surface area contributed by atoms with Gasteiger partial charge in [-0.3, -0.25) is 4.79 Å². The molecule has 0 saturated carbocycles. The van der Waals surface area contributed by atoms with Crippen LogP contribution in [-0.4, -0.2) is 17.9 Å². The SMILES string of the molecule is CC1CCCC(CC(=O)c2csc(Cl)c2)N1. The van der Waals surface area contributed by atoms with E-state index in [1.54, 1.807) is 6.07 Å². The lowest BCUT2D eigenvalue weighted by atomic mass is 9.95. The third kappa shape index (κ3) is 3.06. The number of nitrogens with one attached hydrogen (secondary N) is 1. The highest BCUT2D eigenvalue weighted by atomic mass is 35.5. The van der Waals surface area contributed by atoms with E-state index in [-0.39, 0.29) is 5.78 Å². The number of halogens is 1. The van der Waals surface area contributed by atoms with Gasteiger partial charge in [0.1, 0.15) is 0 Å². The summed E-state index contributed by atoms with van der Waals surface area (Å²) in [5.41, 5.74) is 0.759. The quantitative estimate of drug-likeness (QED) is 0.840. The number of Topliss-reactive ketones (excluding diaryl/α,β-unsaturated/α-hetero) is 1. The van der Waals surface area contributed by atoms with Crippen LogP contribution in [0.3, 0.4) is 0 Å². The first kappa shape index (κ1) is 12.1. The van der Waals surface area contributed by atoms with Crippen molar-refractivity contribution in [3.8, 4) is 0 Å². The maximum atomic E-state index is 11.9. The van der Waals surface area contributed by atoms with E-state index in [9.17, 15) is 4.79 Å². The predicted octanol–water partition coefficient (Wildman–Crippen LogP) is 3.50. The Morgan fingerprint density at radius 3 is 3.06 bits per heavy atom. The van der Waals surface area contributed by atoms with Gasteiger partial charge in [-0.2, -0.15) is 0 Å². The molecule has 1 aromatic heterocycles. The lowest BCUT2D eigenvalue weighted by Gasteiger charge is -2.28. The molecule has 0 bridgehead atoms. The molecular formula is C12H16ClNOS. The molecule has 0 aliphatic carbocycles. The van der Waals surface area contributed by atoms with Crippen LogP contribution in [0, 0.1) is 0 Å². The molecule has 1 fully saturated rings. The van der Waals surface area contributed by atoms with Crippen LogP contribution in [0.4, 0.5) is 0 Å². The summed E-state index contributed by atoms with van der Waals surface area (Å²) in [6.07, 6.45) is 4.14. The first-order chi connectivity index (χ1) is 7.65. The maximum absolute atomic E-state index is 11.9. The first-order valence-corrected chi connectivity index (χ1v) is 6.94. The molecule has 1 aromatic rings. The third-order valence-electron chi connectivity index (χ3n) is 3.03. The van der Waals surface area contributed by atoms with Gasteiger partial charge in [-0.05, 0) is 25.8 Å². The topological polar surface area (TPSA) is 29.1 Å². The van der Waals surface area contributed by atoms with E-state index in [2.05, 4.69) is 12.2 Å². The zero-order chi connectivity index (χ0) is 11.5. The van der Waals surface area contributed by atoms with Gasteiger partial charge in [-0.1, -0.05) is 18.0 Å². The van der Waals surface area contributed by atoms with Crippen molar-refractivity contribution in [3.63, 3.8) is 0 Å². The van der Waals surface area contributed by atoms with Crippen LogP contribution >= 0.6 is 22.9 Å². The zero-order valence-electron chi connectivity index (χ0n) is 9.33. The average molecular weight is 258 g/mol. The minimum absolute atomic E-state index is 0.203. The van der Waals surface area contributed by atoms with Crippen LogP contribution in [0.2, 0.25) is 4.34 Å². The lowest BCUT2D eigenvalue weighted by molar-refractivity contribution is 0.0960. The molecule has 0 radical (unpaired) electrons. The second kappa shape index (κ2) is 5.30. The average Bonchev–Trinajstić information content (AvgIpc) is 2.65. The Morgan fingerprint density at radius 2 is 2.44 bits per heavy atom. The van der Waals surface area contributed by atoms with Gasteiger partial charge in [0.05, 0.1) is 4.34 Å². The molecule has 2 heterocycles. The second-order valence-corrected chi connectivity index (χ2v) is 6.00. The Hall–Kier alpha value is -0.380. The number of piperidine rings is 1. The van der Waals surface area contributed by atoms with Crippen LogP contribution < -0.4 is 5.32 Å². The predicted molar refractivity (Wildman–Crippen MR) is 68.5 cm³/mol. The summed E-state index contributed by atoms with van der Waals surface area (Å²) < 4.78 is 0.688. The van der Waals surface area contributed by atoms with E-state index in [4.69, 9.17) is 11.6 Å². The molecule has 16 heavy (non-hydrogen) atoms. The Morgan fingerprint density at radius 1 is 1.62 bits per heavy atom. The highest BCUT2D eigenvalue weighted by molar-refractivity contribution is 7.14. The van der Waals surface area contributed by atoms with Crippen LogP contribution in [0.25, 0.3) is 0 Å². The van der Waals surface area contributed by atoms with Gasteiger partial charge in [-0.15, -0.1) is 11.3 Å². The normalized spacial score (nSPS) is 25.6. The van der Waals surface area contributed by atoms with E-state index in [1.165, 1.54) is 24.2 Å². The summed E-state index contributed by atoms with van der Waals surface area (Å²) in [5.74, 6) is 0.203. The monoisotopic (exact) mass is 257 g/mol. The van der Waals surface area contributed by atoms with E-state index in [1.807, 2.05) is 5.38 Å². The third-order valence-corrected chi connectivity index (χ3v) is 4.12. The van der Waals surface area contributed by atoms with Gasteiger partial charge < -0.3 is 5.32 Å². The molecule has 88 valence electrons. The van der Waals surface area contributed by atoms with Crippen LogP contribution in [0.1, 0.15) is 43.0 Å². The van der Waals surface area contributed by atoms with Crippen molar-refractivity contribution in [2.24, 2.45) is 0 Å². The fraction of sp³-hybridized carbons (Fsp3) is 0.583. The summed E-state index contributed by atoms with van der Waals surface area (Å²) in [6.45, 7) is 2.18. The molecule has 1 aliphatic heterocycles. The Balaban J connectivity index is 1.92. The summed E-state index contributed by atoms with van der Waals surface area (Å²) in [6, 6.07) is 2.65. The molecule has 1 aliphatic rings. The largest absolute Gasteiger partial charge is 0.311 e. The van der Waals surface area contributed by atoms with Crippen molar-refractivity contribution < 1.29 is 4.79 Å². The lowest BCUT2D eigenvalue weighted by Crippen LogP contribution is -2.41. The molecule has 0 amide bonds. The highest BCUT2D eigenvalue weighted by Crippen LogP contribution is 2.23. The number of ketones is 1. The summed E-state index contributed by atoms with van der Waals surface area (Å²) in [4.78, 5) is 11.9. The Kier molecular flexibility index (Phi) is 4.00. The summed E-state index contributed by atoms with van der Waals surface area (Å²) in [7, 11) is 0. The fourth-order valence-electron chi connectivity index (χ4n) is 2.20. The molecular weight excluding hydrogens is 242 g/mol. The van der Waals surface area contributed by atoms with Crippen molar-refractivity contribution in [3.05, 3.63) is 21.3 Å². The number of hydrogen-bond donors (Lipinski definition) is 1. The van der Waals surface area contributed by atoms with Crippen molar-refractivity contribution in [2.45, 2.75) is 44.7 Å². The number of hydrogen-bond acceptors (Lipinski definition) is 3. The number of carbonyl (C=O) groups excluding carboxylic acids is 1. The van der Waals surface area contributed by atoms with Crippen molar-refractivity contribution in [1.29, 1.82) is 0 Å². The maximum Gasteiger partial charge on any atom is 0.165 e. The Bertz CT molecular complexity index is 377. The number of thiophene rings is 1. The van der Waals surface area contributed by atoms with E-state index in [0.29, 0.717) is 22.8 Å². The molecule has 2 atom stereocenters. The second-order valence-electron chi connectivity index (χ2n) is 4.46. The molecule has 2 rings (SSSR count). The minimum atomic E-state index is 0.203. The van der Waals surface area contributed by atoms with E-state index in [0.717, 1.165) is 12.0 Å². The Labute approximate surface area is 105 Å². The molecule has 2 nitrogen and oxygen atoms in total. The molecule has 4 heteroatoms. The van der Waals surface area contributed by atoms with Gasteiger partial charge in [0.2, 0.25) is 0 Å². The van der Waals surface area contributed by atoms with Gasteiger partial charge >= 0.3 is 0 Å². The van der Waals surface area contributed by atoms with Crippen LogP contribution in [-0.2, 0) is 0 Å². The summed E-state index contributed by atoms with van der Waals surface area (Å²) >= 11 is 7.24. The van der Waals surface area contributed by atoms with Crippen molar-refractivity contribution in [1.82, 2.24) is 5.32 Å². The number of carbonyl (C=O) groups is 1. The fourth-order valence-corrected chi connectivity index (χ4v) is 3.08. The van der Waals surface area contributed by atoms with Gasteiger partial charge in [0, 0.05) is 29.4 Å². The smallest absolute Gasteiger partial charge is 0.165 e. The molecule has 2 unspecified atom stereocenters. The minimum Gasteiger partial charge on any atom is -0.311 e. The van der Waals surface area contributed by atoms with Crippen LogP contribution in [0.15, 0.2) is 11.4 Å². The van der Waals surface area contributed by atoms with Gasteiger partial charge in [-0.25, -0.2) is 0 Å². The van der Waals surface area contributed by atoms with Gasteiger partial charge in [0.15, 0.2) is 5.78 Å². The van der Waals surface area contributed by atoms with E-state index < -0.39 is 0 Å². The molecule has 0 aromatic carbocycles. The molecule has 1 N–H and O–H groups in total. The van der Waals surface area contributed by atoms with Crippen molar-refractivity contribution in [2.75, 3.05) is 0 Å². The van der Waals surface area contributed by atoms with Crippen LogP contribution in [0.5, 0.6) is 0 Å². The molecule has 0 spiro atoms. The van der Waals surface area contributed by atoms with E-state index >= 15 is 0 Å². The standard InChI is InChI=1S/C12H16ClNOS/c1-8-3-2-4-10(14-8)6-11(15)9-5-12(13)16-7-9/h5,7-8,10,14H,2-4,6H2,1H3. The zero-order valence-corrected chi connectivity index (χ0v) is 10.9. The molecule has 1 saturated heterocycles. The number of rotatable bonds is 3. The first-order valence-electron chi connectivity index (χ1n) is 5.68.